The molecule has 0 saturated carbocycles. The predicted molar refractivity (Wildman–Crippen MR) is 88.2 cm³/mol. The Bertz CT molecular complexity index is 889. The minimum Gasteiger partial charge on any atom is -0.508 e. The number of alkyl halides is 3. The molecule has 0 aromatic heterocycles. The van der Waals surface area contributed by atoms with Crippen LogP contribution in [0.25, 0.3) is 11.1 Å². The lowest BCUT2D eigenvalue weighted by atomic mass is 10.1. The van der Waals surface area contributed by atoms with E-state index in [9.17, 15) is 26.7 Å². The van der Waals surface area contributed by atoms with Crippen molar-refractivity contribution in [3.8, 4) is 22.6 Å². The zero-order valence-electron chi connectivity index (χ0n) is 13.5. The van der Waals surface area contributed by atoms with E-state index in [4.69, 9.17) is 0 Å². The van der Waals surface area contributed by atoms with Crippen molar-refractivity contribution in [1.29, 1.82) is 0 Å². The van der Waals surface area contributed by atoms with Gasteiger partial charge in [-0.25, -0.2) is 8.42 Å². The highest BCUT2D eigenvalue weighted by Crippen LogP contribution is 2.33. The van der Waals surface area contributed by atoms with Gasteiger partial charge in [-0.3, -0.25) is 0 Å². The fraction of sp³-hybridized carbons (Fsp3) is 0.294. The quantitative estimate of drug-likeness (QED) is 0.868. The van der Waals surface area contributed by atoms with E-state index in [2.05, 4.69) is 4.74 Å². The summed E-state index contributed by atoms with van der Waals surface area (Å²) in [6, 6.07) is 9.01. The molecule has 0 aliphatic carbocycles. The van der Waals surface area contributed by atoms with Gasteiger partial charge in [0.15, 0.2) is 0 Å². The van der Waals surface area contributed by atoms with Gasteiger partial charge >= 0.3 is 6.36 Å². The Morgan fingerprint density at radius 1 is 0.962 bits per heavy atom. The predicted octanol–water partition coefficient (Wildman–Crippen LogP) is 3.74. The molecule has 1 aliphatic rings. The van der Waals surface area contributed by atoms with E-state index in [0.29, 0.717) is 18.7 Å². The molecular weight excluding hydrogens is 371 g/mol. The Morgan fingerprint density at radius 3 is 2.15 bits per heavy atom. The maximum Gasteiger partial charge on any atom is 0.573 e. The molecule has 1 saturated heterocycles. The molecule has 3 rings (SSSR count). The number of phenols is 1. The summed E-state index contributed by atoms with van der Waals surface area (Å²) in [7, 11) is -3.57. The van der Waals surface area contributed by atoms with Crippen molar-refractivity contribution in [2.45, 2.75) is 24.1 Å². The van der Waals surface area contributed by atoms with Crippen molar-refractivity contribution in [3.63, 3.8) is 0 Å². The van der Waals surface area contributed by atoms with Crippen LogP contribution in [0.5, 0.6) is 11.5 Å². The van der Waals surface area contributed by atoms with Crippen LogP contribution in [-0.2, 0) is 10.0 Å². The van der Waals surface area contributed by atoms with Crippen molar-refractivity contribution in [1.82, 2.24) is 4.31 Å². The standard InChI is InChI=1S/C17H16F3NO4S/c18-17(19,20)25-15-10-13(9-14(22)11-15)12-3-5-16(6-4-12)26(23,24)21-7-1-2-8-21/h3-6,9-11,22H,1-2,7-8H2. The molecule has 5 nitrogen and oxygen atoms in total. The highest BCUT2D eigenvalue weighted by atomic mass is 32.2. The molecule has 1 aliphatic heterocycles. The van der Waals surface area contributed by atoms with E-state index in [0.717, 1.165) is 25.0 Å². The lowest BCUT2D eigenvalue weighted by molar-refractivity contribution is -0.274. The Balaban J connectivity index is 1.89. The van der Waals surface area contributed by atoms with Gasteiger partial charge < -0.3 is 9.84 Å². The number of sulfonamides is 1. The molecule has 2 aromatic rings. The number of hydrogen-bond donors (Lipinski definition) is 1. The van der Waals surface area contributed by atoms with Crippen LogP contribution in [0.3, 0.4) is 0 Å². The summed E-state index contributed by atoms with van der Waals surface area (Å²) in [4.78, 5) is 0.120. The smallest absolute Gasteiger partial charge is 0.508 e. The Labute approximate surface area is 148 Å². The van der Waals surface area contributed by atoms with Crippen LogP contribution in [0, 0.1) is 0 Å². The molecule has 0 unspecified atom stereocenters. The number of aromatic hydroxyl groups is 1. The molecule has 1 fully saturated rings. The molecular formula is C17H16F3NO4S. The number of nitrogens with zero attached hydrogens (tertiary/aromatic N) is 1. The molecule has 140 valence electrons. The number of hydrogen-bond acceptors (Lipinski definition) is 4. The van der Waals surface area contributed by atoms with E-state index < -0.39 is 27.9 Å². The van der Waals surface area contributed by atoms with Crippen molar-refractivity contribution in [2.75, 3.05) is 13.1 Å². The maximum atomic E-state index is 12.5. The third kappa shape index (κ3) is 4.10. The Kier molecular flexibility index (Phi) is 4.85. The van der Waals surface area contributed by atoms with Crippen LogP contribution in [0.2, 0.25) is 0 Å². The summed E-state index contributed by atoms with van der Waals surface area (Å²) in [6.07, 6.45) is -3.23. The minimum absolute atomic E-state index is 0.120. The van der Waals surface area contributed by atoms with Crippen molar-refractivity contribution in [2.24, 2.45) is 0 Å². The monoisotopic (exact) mass is 387 g/mol. The summed E-state index contributed by atoms with van der Waals surface area (Å²) in [5.74, 6) is -0.947. The summed E-state index contributed by atoms with van der Waals surface area (Å²) >= 11 is 0. The summed E-state index contributed by atoms with van der Waals surface area (Å²) in [5, 5.41) is 9.63. The van der Waals surface area contributed by atoms with Crippen LogP contribution in [0.4, 0.5) is 13.2 Å². The highest BCUT2D eigenvalue weighted by Gasteiger charge is 2.31. The van der Waals surface area contributed by atoms with E-state index in [-0.39, 0.29) is 10.5 Å². The fourth-order valence-electron chi connectivity index (χ4n) is 2.84. The van der Waals surface area contributed by atoms with Gasteiger partial charge in [-0.1, -0.05) is 12.1 Å². The molecule has 26 heavy (non-hydrogen) atoms. The summed E-state index contributed by atoms with van der Waals surface area (Å²) in [5.41, 5.74) is 0.725. The normalized spacial score (nSPS) is 16.0. The van der Waals surface area contributed by atoms with Gasteiger partial charge in [0.05, 0.1) is 4.90 Å². The van der Waals surface area contributed by atoms with Crippen molar-refractivity contribution < 1.29 is 31.4 Å². The third-order valence-corrected chi connectivity index (χ3v) is 5.93. The fourth-order valence-corrected chi connectivity index (χ4v) is 4.36. The zero-order valence-corrected chi connectivity index (χ0v) is 14.3. The highest BCUT2D eigenvalue weighted by molar-refractivity contribution is 7.89. The Hall–Kier alpha value is -2.26. The second-order valence-electron chi connectivity index (χ2n) is 5.90. The van der Waals surface area contributed by atoms with Gasteiger partial charge in [-0.2, -0.15) is 4.31 Å². The topological polar surface area (TPSA) is 66.8 Å². The molecule has 1 N–H and O–H groups in total. The molecule has 0 spiro atoms. The summed E-state index contributed by atoms with van der Waals surface area (Å²) < 4.78 is 67.3. The first-order valence-corrected chi connectivity index (χ1v) is 9.29. The maximum absolute atomic E-state index is 12.5. The number of ether oxygens (including phenoxy) is 1. The largest absolute Gasteiger partial charge is 0.573 e. The molecule has 0 atom stereocenters. The minimum atomic E-state index is -4.88. The van der Waals surface area contributed by atoms with E-state index in [1.165, 1.54) is 34.6 Å². The molecule has 9 heteroatoms. The average molecular weight is 387 g/mol. The first-order valence-electron chi connectivity index (χ1n) is 7.85. The van der Waals surface area contributed by atoms with Gasteiger partial charge in [0.25, 0.3) is 0 Å². The molecule has 0 amide bonds. The average Bonchev–Trinajstić information content (AvgIpc) is 3.08. The zero-order chi connectivity index (χ0) is 18.9. The van der Waals surface area contributed by atoms with E-state index in [1.807, 2.05) is 0 Å². The van der Waals surface area contributed by atoms with Crippen LogP contribution >= 0.6 is 0 Å². The van der Waals surface area contributed by atoms with Crippen LogP contribution < -0.4 is 4.74 Å². The number of rotatable bonds is 4. The first kappa shape index (κ1) is 18.5. The van der Waals surface area contributed by atoms with Gasteiger partial charge in [-0.15, -0.1) is 13.2 Å². The van der Waals surface area contributed by atoms with E-state index >= 15 is 0 Å². The van der Waals surface area contributed by atoms with Gasteiger partial charge in [0, 0.05) is 19.2 Å². The first-order chi connectivity index (χ1) is 12.1. The Morgan fingerprint density at radius 2 is 1.58 bits per heavy atom. The van der Waals surface area contributed by atoms with Gasteiger partial charge in [-0.05, 0) is 48.2 Å². The molecule has 1 heterocycles. The van der Waals surface area contributed by atoms with Crippen molar-refractivity contribution in [3.05, 3.63) is 42.5 Å². The summed E-state index contributed by atoms with van der Waals surface area (Å²) in [6.45, 7) is 0.962. The molecule has 0 bridgehead atoms. The number of benzene rings is 2. The van der Waals surface area contributed by atoms with Crippen LogP contribution in [0.1, 0.15) is 12.8 Å². The van der Waals surface area contributed by atoms with Gasteiger partial charge in [0.2, 0.25) is 10.0 Å². The van der Waals surface area contributed by atoms with Gasteiger partial charge in [0.1, 0.15) is 11.5 Å². The van der Waals surface area contributed by atoms with Crippen LogP contribution in [0.15, 0.2) is 47.4 Å². The second-order valence-corrected chi connectivity index (χ2v) is 7.84. The second kappa shape index (κ2) is 6.81. The lowest BCUT2D eigenvalue weighted by Crippen LogP contribution is -2.27. The lowest BCUT2D eigenvalue weighted by Gasteiger charge is -2.16. The number of halogens is 3. The number of phenolic OH excluding ortho intramolecular Hbond substituents is 1. The third-order valence-electron chi connectivity index (χ3n) is 4.02. The molecule has 2 aromatic carbocycles. The van der Waals surface area contributed by atoms with E-state index in [1.54, 1.807) is 0 Å². The molecule has 0 radical (unpaired) electrons. The van der Waals surface area contributed by atoms with Crippen LogP contribution in [-0.4, -0.2) is 37.3 Å². The van der Waals surface area contributed by atoms with Crippen molar-refractivity contribution >= 4 is 10.0 Å². The SMILES string of the molecule is O=S(=O)(c1ccc(-c2cc(O)cc(OC(F)(F)F)c2)cc1)N1CCCC1.